The van der Waals surface area contributed by atoms with Gasteiger partial charge in [-0.05, 0) is 24.3 Å². The first-order chi connectivity index (χ1) is 11.6. The van der Waals surface area contributed by atoms with E-state index in [9.17, 15) is 4.79 Å². The molecule has 1 amide bonds. The lowest BCUT2D eigenvalue weighted by molar-refractivity contribution is -0.118. The second-order valence-corrected chi connectivity index (χ2v) is 7.62. The average molecular weight is 344 g/mol. The summed E-state index contributed by atoms with van der Waals surface area (Å²) >= 11 is 1.47. The minimum absolute atomic E-state index is 0.0518. The van der Waals surface area contributed by atoms with Crippen LogP contribution in [0.25, 0.3) is 0 Å². The van der Waals surface area contributed by atoms with E-state index in [1.807, 2.05) is 18.2 Å². The van der Waals surface area contributed by atoms with Gasteiger partial charge in [0.05, 0.1) is 12.3 Å². The van der Waals surface area contributed by atoms with Crippen molar-refractivity contribution in [3.63, 3.8) is 0 Å². The summed E-state index contributed by atoms with van der Waals surface area (Å²) in [7, 11) is 0. The Hall–Kier alpha value is -1.82. The molecule has 24 heavy (non-hydrogen) atoms. The topological polar surface area (TPSA) is 59.8 Å². The van der Waals surface area contributed by atoms with Gasteiger partial charge in [-0.15, -0.1) is 10.2 Å². The van der Waals surface area contributed by atoms with E-state index in [1.165, 1.54) is 30.2 Å². The van der Waals surface area contributed by atoms with Gasteiger partial charge in [0, 0.05) is 12.5 Å². The summed E-state index contributed by atoms with van der Waals surface area (Å²) in [5.74, 6) is 2.48. The summed E-state index contributed by atoms with van der Waals surface area (Å²) in [5, 5.41) is 12.5. The zero-order valence-electron chi connectivity index (χ0n) is 14.2. The maximum Gasteiger partial charge on any atom is 0.230 e. The van der Waals surface area contributed by atoms with Gasteiger partial charge in [-0.25, -0.2) is 0 Å². The van der Waals surface area contributed by atoms with Crippen LogP contribution in [0.5, 0.6) is 0 Å². The predicted octanol–water partition coefficient (Wildman–Crippen LogP) is 3.07. The van der Waals surface area contributed by atoms with Crippen molar-refractivity contribution in [1.82, 2.24) is 20.1 Å². The van der Waals surface area contributed by atoms with Crippen molar-refractivity contribution in [2.75, 3.05) is 12.3 Å². The van der Waals surface area contributed by atoms with Crippen molar-refractivity contribution in [3.05, 3.63) is 41.7 Å². The molecule has 128 valence electrons. The van der Waals surface area contributed by atoms with Gasteiger partial charge in [-0.3, -0.25) is 4.79 Å². The van der Waals surface area contributed by atoms with Crippen molar-refractivity contribution >= 4 is 17.7 Å². The molecule has 5 nitrogen and oxygen atoms in total. The summed E-state index contributed by atoms with van der Waals surface area (Å²) < 4.78 is 2.17. The van der Waals surface area contributed by atoms with Gasteiger partial charge in [0.15, 0.2) is 5.16 Å². The van der Waals surface area contributed by atoms with E-state index in [1.54, 1.807) is 0 Å². The number of rotatable bonds is 8. The smallest absolute Gasteiger partial charge is 0.230 e. The second kappa shape index (κ2) is 7.83. The third-order valence-corrected chi connectivity index (χ3v) is 4.88. The Balaban J connectivity index is 1.67. The number of aromatic nitrogens is 3. The zero-order chi connectivity index (χ0) is 16.9. The molecule has 1 heterocycles. The minimum atomic E-state index is 0.0518. The minimum Gasteiger partial charge on any atom is -0.355 e. The molecule has 1 aliphatic rings. The highest BCUT2D eigenvalue weighted by Crippen LogP contribution is 2.40. The molecule has 1 saturated carbocycles. The molecule has 0 unspecified atom stereocenters. The van der Waals surface area contributed by atoms with Gasteiger partial charge in [0.25, 0.3) is 0 Å². The number of amides is 1. The third-order valence-electron chi connectivity index (χ3n) is 3.91. The molecule has 0 spiro atoms. The van der Waals surface area contributed by atoms with Crippen LogP contribution in [-0.4, -0.2) is 33.0 Å². The maximum atomic E-state index is 12.0. The van der Waals surface area contributed by atoms with Crippen LogP contribution in [0, 0.1) is 5.92 Å². The van der Waals surface area contributed by atoms with Crippen LogP contribution in [0.2, 0.25) is 0 Å². The quantitative estimate of drug-likeness (QED) is 0.748. The van der Waals surface area contributed by atoms with Gasteiger partial charge in [0.1, 0.15) is 5.82 Å². The van der Waals surface area contributed by atoms with Gasteiger partial charge < -0.3 is 9.88 Å². The fourth-order valence-corrected chi connectivity index (χ4v) is 3.24. The Kier molecular flexibility index (Phi) is 5.56. The van der Waals surface area contributed by atoms with E-state index in [0.717, 1.165) is 17.5 Å². The Morgan fingerprint density at radius 3 is 2.71 bits per heavy atom. The highest BCUT2D eigenvalue weighted by molar-refractivity contribution is 7.99. The molecule has 1 aromatic heterocycles. The molecule has 3 rings (SSSR count). The number of nitrogens with zero attached hydrogens (tertiary/aromatic N) is 3. The Labute approximate surface area is 147 Å². The third kappa shape index (κ3) is 4.60. The van der Waals surface area contributed by atoms with E-state index in [2.05, 4.69) is 46.1 Å². The number of benzene rings is 1. The molecule has 1 aliphatic carbocycles. The number of hydrogen-bond acceptors (Lipinski definition) is 4. The Morgan fingerprint density at radius 2 is 2.04 bits per heavy atom. The fourth-order valence-electron chi connectivity index (χ4n) is 2.46. The Bertz CT molecular complexity index is 680. The monoisotopic (exact) mass is 344 g/mol. The van der Waals surface area contributed by atoms with Crippen molar-refractivity contribution in [2.45, 2.75) is 44.3 Å². The maximum absolute atomic E-state index is 12.0. The standard InChI is InChI=1S/C18H24N4OS/c1-13(2)10-19-16(23)12-24-18-21-20-17(15-8-9-15)22(18)11-14-6-4-3-5-7-14/h3-7,13,15H,8-12H2,1-2H3,(H,19,23). The number of carbonyl (C=O) groups excluding carboxylic acids is 1. The summed E-state index contributed by atoms with van der Waals surface area (Å²) in [6, 6.07) is 10.3. The normalized spacial score (nSPS) is 14.1. The first-order valence-corrected chi connectivity index (χ1v) is 9.48. The molecule has 1 N–H and O–H groups in total. The van der Waals surface area contributed by atoms with Crippen LogP contribution in [0.4, 0.5) is 0 Å². The first-order valence-electron chi connectivity index (χ1n) is 8.50. The predicted molar refractivity (Wildman–Crippen MR) is 96.1 cm³/mol. The molecule has 0 saturated heterocycles. The highest BCUT2D eigenvalue weighted by Gasteiger charge is 2.30. The lowest BCUT2D eigenvalue weighted by atomic mass is 10.2. The molecular formula is C18H24N4OS. The van der Waals surface area contributed by atoms with Crippen LogP contribution in [0.3, 0.4) is 0 Å². The lowest BCUT2D eigenvalue weighted by Gasteiger charge is -2.10. The molecule has 0 radical (unpaired) electrons. The lowest BCUT2D eigenvalue weighted by Crippen LogP contribution is -2.28. The summed E-state index contributed by atoms with van der Waals surface area (Å²) in [4.78, 5) is 12.0. The van der Waals surface area contributed by atoms with Gasteiger partial charge in [-0.2, -0.15) is 0 Å². The molecule has 2 aromatic rings. The first kappa shape index (κ1) is 17.0. The van der Waals surface area contributed by atoms with Gasteiger partial charge in [-0.1, -0.05) is 55.9 Å². The van der Waals surface area contributed by atoms with Crippen molar-refractivity contribution in [1.29, 1.82) is 0 Å². The number of thioether (sulfide) groups is 1. The molecule has 6 heteroatoms. The van der Waals surface area contributed by atoms with Crippen LogP contribution < -0.4 is 5.32 Å². The number of carbonyl (C=O) groups is 1. The number of hydrogen-bond donors (Lipinski definition) is 1. The van der Waals surface area contributed by atoms with Crippen LogP contribution in [0.15, 0.2) is 35.5 Å². The fraction of sp³-hybridized carbons (Fsp3) is 0.500. The van der Waals surface area contributed by atoms with Crippen molar-refractivity contribution < 1.29 is 4.79 Å². The molecule has 1 fully saturated rings. The van der Waals surface area contributed by atoms with Gasteiger partial charge in [0.2, 0.25) is 5.91 Å². The van der Waals surface area contributed by atoms with Crippen molar-refractivity contribution in [2.24, 2.45) is 5.92 Å². The van der Waals surface area contributed by atoms with E-state index in [4.69, 9.17) is 0 Å². The van der Waals surface area contributed by atoms with E-state index >= 15 is 0 Å². The molecule has 0 atom stereocenters. The largest absolute Gasteiger partial charge is 0.355 e. The molecule has 0 aliphatic heterocycles. The van der Waals surface area contributed by atoms with E-state index in [0.29, 0.717) is 24.1 Å². The Morgan fingerprint density at radius 1 is 1.29 bits per heavy atom. The van der Waals surface area contributed by atoms with Crippen LogP contribution in [0.1, 0.15) is 44.0 Å². The number of nitrogens with one attached hydrogen (secondary N) is 1. The summed E-state index contributed by atoms with van der Waals surface area (Å²) in [5.41, 5.74) is 1.23. The molecule has 1 aromatic carbocycles. The average Bonchev–Trinajstić information content (AvgIpc) is 3.34. The SMILES string of the molecule is CC(C)CNC(=O)CSc1nnc(C2CC2)n1Cc1ccccc1. The second-order valence-electron chi connectivity index (χ2n) is 6.67. The van der Waals surface area contributed by atoms with Crippen LogP contribution in [-0.2, 0) is 11.3 Å². The highest BCUT2D eigenvalue weighted by atomic mass is 32.2. The summed E-state index contributed by atoms with van der Waals surface area (Å²) in [6.45, 7) is 5.65. The zero-order valence-corrected chi connectivity index (χ0v) is 15.1. The van der Waals surface area contributed by atoms with Crippen molar-refractivity contribution in [3.8, 4) is 0 Å². The molecule has 0 bridgehead atoms. The van der Waals surface area contributed by atoms with E-state index in [-0.39, 0.29) is 5.91 Å². The van der Waals surface area contributed by atoms with Crippen LogP contribution >= 0.6 is 11.8 Å². The summed E-state index contributed by atoms with van der Waals surface area (Å²) in [6.07, 6.45) is 2.37. The van der Waals surface area contributed by atoms with E-state index < -0.39 is 0 Å². The van der Waals surface area contributed by atoms with Gasteiger partial charge >= 0.3 is 0 Å². The molecular weight excluding hydrogens is 320 g/mol.